The van der Waals surface area contributed by atoms with Gasteiger partial charge in [0.25, 0.3) is 0 Å². The van der Waals surface area contributed by atoms with Crippen molar-refractivity contribution < 1.29 is 28.6 Å². The highest BCUT2D eigenvalue weighted by molar-refractivity contribution is 5.71. The Hall–Kier alpha value is -1.59. The third-order valence-corrected chi connectivity index (χ3v) is 12.0. The summed E-state index contributed by atoms with van der Waals surface area (Å²) < 4.78 is 16.8. The first-order valence-electron chi connectivity index (χ1n) is 26.4. The van der Waals surface area contributed by atoms with E-state index in [9.17, 15) is 14.4 Å². The lowest BCUT2D eigenvalue weighted by atomic mass is 10.0. The molecule has 0 spiro atoms. The standard InChI is InChI=1S/C53H102O6/c1-5-7-9-11-13-15-17-19-21-23-25-29-34-38-42-46-53(56)59-50(48-58-52(55)45-41-37-33-30-26-27-31-35-39-43-49(3)4)47-57-51(54)44-40-36-32-28-24-22-20-18-16-14-12-10-8-6-2/h49-50H,5-48H2,1-4H3/t50-/m1/s1. The van der Waals surface area contributed by atoms with Crippen LogP contribution in [0.5, 0.6) is 0 Å². The van der Waals surface area contributed by atoms with Crippen LogP contribution in [0, 0.1) is 5.92 Å². The number of unbranched alkanes of at least 4 members (excludes halogenated alkanes) is 35. The number of ether oxygens (including phenoxy) is 3. The number of carbonyl (C=O) groups is 3. The van der Waals surface area contributed by atoms with E-state index in [0.717, 1.165) is 63.7 Å². The maximum Gasteiger partial charge on any atom is 0.306 e. The minimum atomic E-state index is -0.761. The Balaban J connectivity index is 4.31. The van der Waals surface area contributed by atoms with Crippen molar-refractivity contribution in [3.8, 4) is 0 Å². The van der Waals surface area contributed by atoms with Crippen molar-refractivity contribution in [1.29, 1.82) is 0 Å². The molecule has 0 fully saturated rings. The van der Waals surface area contributed by atoms with E-state index in [1.165, 1.54) is 193 Å². The van der Waals surface area contributed by atoms with E-state index >= 15 is 0 Å². The molecule has 0 aromatic rings. The van der Waals surface area contributed by atoms with Crippen LogP contribution in [0.4, 0.5) is 0 Å². The molecule has 350 valence electrons. The van der Waals surface area contributed by atoms with Crippen molar-refractivity contribution in [3.05, 3.63) is 0 Å². The highest BCUT2D eigenvalue weighted by Gasteiger charge is 2.19. The van der Waals surface area contributed by atoms with Crippen LogP contribution in [0.15, 0.2) is 0 Å². The molecule has 0 aromatic carbocycles. The smallest absolute Gasteiger partial charge is 0.306 e. The molecular weight excluding hydrogens is 733 g/mol. The van der Waals surface area contributed by atoms with Gasteiger partial charge in [0.2, 0.25) is 0 Å². The third kappa shape index (κ3) is 47.3. The van der Waals surface area contributed by atoms with Crippen molar-refractivity contribution in [1.82, 2.24) is 0 Å². The van der Waals surface area contributed by atoms with Crippen LogP contribution in [-0.2, 0) is 28.6 Å². The molecule has 0 unspecified atom stereocenters. The fourth-order valence-electron chi connectivity index (χ4n) is 8.04. The lowest BCUT2D eigenvalue weighted by molar-refractivity contribution is -0.167. The van der Waals surface area contributed by atoms with Gasteiger partial charge in [0.1, 0.15) is 13.2 Å². The molecule has 0 aliphatic rings. The molecule has 6 heteroatoms. The monoisotopic (exact) mass is 835 g/mol. The molecule has 0 rings (SSSR count). The Morgan fingerprint density at radius 2 is 0.559 bits per heavy atom. The van der Waals surface area contributed by atoms with Gasteiger partial charge in [-0.15, -0.1) is 0 Å². The Bertz CT molecular complexity index is 887. The summed E-state index contributed by atoms with van der Waals surface area (Å²) in [6.07, 6.45) is 49.4. The molecule has 0 aliphatic carbocycles. The van der Waals surface area contributed by atoms with Crippen molar-refractivity contribution in [3.63, 3.8) is 0 Å². The van der Waals surface area contributed by atoms with E-state index in [1.54, 1.807) is 0 Å². The zero-order valence-electron chi connectivity index (χ0n) is 40.2. The SMILES string of the molecule is CCCCCCCCCCCCCCCCCC(=O)O[C@H](COC(=O)CCCCCCCCCCCCCCCC)COC(=O)CCCCCCCCCCCC(C)C. The van der Waals surface area contributed by atoms with Gasteiger partial charge < -0.3 is 14.2 Å². The van der Waals surface area contributed by atoms with Crippen LogP contribution >= 0.6 is 0 Å². The van der Waals surface area contributed by atoms with Crippen LogP contribution in [0.1, 0.15) is 297 Å². The minimum Gasteiger partial charge on any atom is -0.462 e. The normalized spacial score (nSPS) is 11.9. The first kappa shape index (κ1) is 57.4. The number of hydrogen-bond acceptors (Lipinski definition) is 6. The van der Waals surface area contributed by atoms with Crippen molar-refractivity contribution in [2.24, 2.45) is 5.92 Å². The maximum atomic E-state index is 12.8. The molecular formula is C53H102O6. The van der Waals surface area contributed by atoms with Crippen LogP contribution in [0.3, 0.4) is 0 Å². The van der Waals surface area contributed by atoms with Crippen molar-refractivity contribution in [2.75, 3.05) is 13.2 Å². The van der Waals surface area contributed by atoms with Gasteiger partial charge in [-0.25, -0.2) is 0 Å². The lowest BCUT2D eigenvalue weighted by Gasteiger charge is -2.18. The second-order valence-electron chi connectivity index (χ2n) is 18.6. The van der Waals surface area contributed by atoms with Crippen LogP contribution in [0.25, 0.3) is 0 Å². The average molecular weight is 835 g/mol. The number of rotatable bonds is 48. The predicted molar refractivity (Wildman–Crippen MR) is 252 cm³/mol. The van der Waals surface area contributed by atoms with Gasteiger partial charge in [-0.05, 0) is 25.2 Å². The van der Waals surface area contributed by atoms with E-state index in [1.807, 2.05) is 0 Å². The number of hydrogen-bond donors (Lipinski definition) is 0. The molecule has 0 aliphatic heterocycles. The molecule has 1 atom stereocenters. The van der Waals surface area contributed by atoms with E-state index in [0.29, 0.717) is 19.3 Å². The zero-order valence-corrected chi connectivity index (χ0v) is 40.2. The van der Waals surface area contributed by atoms with Crippen molar-refractivity contribution in [2.45, 2.75) is 303 Å². The van der Waals surface area contributed by atoms with Gasteiger partial charge in [0.15, 0.2) is 6.10 Å². The summed E-state index contributed by atoms with van der Waals surface area (Å²) in [4.78, 5) is 38.0. The van der Waals surface area contributed by atoms with Gasteiger partial charge >= 0.3 is 17.9 Å². The van der Waals surface area contributed by atoms with Crippen LogP contribution in [-0.4, -0.2) is 37.2 Å². The molecule has 0 amide bonds. The Labute approximate surface area is 368 Å². The summed E-state index contributed by atoms with van der Waals surface area (Å²) in [7, 11) is 0. The van der Waals surface area contributed by atoms with Gasteiger partial charge in [-0.2, -0.15) is 0 Å². The molecule has 6 nitrogen and oxygen atoms in total. The maximum absolute atomic E-state index is 12.8. The second-order valence-corrected chi connectivity index (χ2v) is 18.6. The summed E-state index contributed by atoms with van der Waals surface area (Å²) in [5.74, 6) is -0.0347. The van der Waals surface area contributed by atoms with E-state index in [2.05, 4.69) is 27.7 Å². The van der Waals surface area contributed by atoms with Crippen LogP contribution < -0.4 is 0 Å². The summed E-state index contributed by atoms with van der Waals surface area (Å²) in [6.45, 7) is 9.01. The fourth-order valence-corrected chi connectivity index (χ4v) is 8.04. The second kappa shape index (κ2) is 47.5. The summed E-state index contributed by atoms with van der Waals surface area (Å²) >= 11 is 0. The Morgan fingerprint density at radius 3 is 0.831 bits per heavy atom. The minimum absolute atomic E-state index is 0.0627. The van der Waals surface area contributed by atoms with Gasteiger partial charge in [0.05, 0.1) is 0 Å². The molecule has 0 bridgehead atoms. The van der Waals surface area contributed by atoms with Gasteiger partial charge in [-0.3, -0.25) is 14.4 Å². The van der Waals surface area contributed by atoms with E-state index < -0.39 is 6.10 Å². The highest BCUT2D eigenvalue weighted by atomic mass is 16.6. The first-order chi connectivity index (χ1) is 28.9. The first-order valence-corrected chi connectivity index (χ1v) is 26.4. The topological polar surface area (TPSA) is 78.9 Å². The quantitative estimate of drug-likeness (QED) is 0.0345. The lowest BCUT2D eigenvalue weighted by Crippen LogP contribution is -2.30. The fraction of sp³-hybridized carbons (Fsp3) is 0.943. The molecule has 59 heavy (non-hydrogen) atoms. The molecule has 0 heterocycles. The largest absolute Gasteiger partial charge is 0.462 e. The molecule has 0 saturated heterocycles. The molecule has 0 N–H and O–H groups in total. The van der Waals surface area contributed by atoms with Crippen LogP contribution in [0.2, 0.25) is 0 Å². The number of esters is 3. The van der Waals surface area contributed by atoms with Gasteiger partial charge in [0, 0.05) is 19.3 Å². The predicted octanol–water partition coefficient (Wildman–Crippen LogP) is 17.1. The highest BCUT2D eigenvalue weighted by Crippen LogP contribution is 2.17. The zero-order chi connectivity index (χ0) is 43.1. The third-order valence-electron chi connectivity index (χ3n) is 12.0. The average Bonchev–Trinajstić information content (AvgIpc) is 3.22. The van der Waals surface area contributed by atoms with E-state index in [4.69, 9.17) is 14.2 Å². The molecule has 0 aromatic heterocycles. The van der Waals surface area contributed by atoms with E-state index in [-0.39, 0.29) is 31.1 Å². The Kier molecular flexibility index (Phi) is 46.2. The van der Waals surface area contributed by atoms with Gasteiger partial charge in [-0.1, -0.05) is 259 Å². The molecule has 0 saturated carbocycles. The summed E-state index contributed by atoms with van der Waals surface area (Å²) in [6, 6.07) is 0. The van der Waals surface area contributed by atoms with Crippen molar-refractivity contribution >= 4 is 17.9 Å². The number of carbonyl (C=O) groups excluding carboxylic acids is 3. The summed E-state index contributed by atoms with van der Waals surface area (Å²) in [5, 5.41) is 0. The Morgan fingerprint density at radius 1 is 0.322 bits per heavy atom. The molecule has 0 radical (unpaired) electrons. The summed E-state index contributed by atoms with van der Waals surface area (Å²) in [5.41, 5.74) is 0.